The maximum absolute atomic E-state index is 13.0. The van der Waals surface area contributed by atoms with E-state index in [4.69, 9.17) is 14.2 Å². The van der Waals surface area contributed by atoms with Gasteiger partial charge in [-0.25, -0.2) is 14.4 Å². The second-order valence-electron chi connectivity index (χ2n) is 11.8. The summed E-state index contributed by atoms with van der Waals surface area (Å²) in [6, 6.07) is 37.5. The molecule has 6 nitrogen and oxygen atoms in total. The van der Waals surface area contributed by atoms with Crippen molar-refractivity contribution in [1.82, 2.24) is 0 Å². The van der Waals surface area contributed by atoms with Crippen LogP contribution in [-0.4, -0.2) is 17.9 Å². The summed E-state index contributed by atoms with van der Waals surface area (Å²) < 4.78 is 21.6. The van der Waals surface area contributed by atoms with Crippen LogP contribution in [0.15, 0.2) is 154 Å². The maximum Gasteiger partial charge on any atom is 0.343 e. The van der Waals surface area contributed by atoms with Gasteiger partial charge in [0, 0.05) is 32.3 Å². The highest BCUT2D eigenvalue weighted by molar-refractivity contribution is 9.11. The molecule has 12 heteroatoms. The Bertz CT molecular complexity index is 2020. The van der Waals surface area contributed by atoms with Crippen LogP contribution in [0.25, 0.3) is 0 Å². The second kappa shape index (κ2) is 17.0. The molecule has 0 aliphatic carbocycles. The topological polar surface area (TPSA) is 78.9 Å². The highest BCUT2D eigenvalue weighted by Gasteiger charge is 2.32. The van der Waals surface area contributed by atoms with Crippen molar-refractivity contribution in [2.24, 2.45) is 0 Å². The van der Waals surface area contributed by atoms with Crippen LogP contribution in [0, 0.1) is 0 Å². The Hall–Kier alpha value is -3.39. The molecule has 6 rings (SSSR count). The third kappa shape index (κ3) is 9.65. The summed E-state index contributed by atoms with van der Waals surface area (Å²) in [5.41, 5.74) is 3.07. The van der Waals surface area contributed by atoms with E-state index in [9.17, 15) is 14.4 Å². The van der Waals surface area contributed by atoms with E-state index in [1.165, 1.54) is 0 Å². The predicted molar refractivity (Wildman–Crippen MR) is 225 cm³/mol. The van der Waals surface area contributed by atoms with Crippen LogP contribution in [0.3, 0.4) is 0 Å². The van der Waals surface area contributed by atoms with E-state index in [2.05, 4.69) is 103 Å². The number of carbonyl (C=O) groups is 3. The summed E-state index contributed by atoms with van der Waals surface area (Å²) in [5.74, 6) is -0.366. The molecule has 0 bridgehead atoms. The van der Waals surface area contributed by atoms with Crippen LogP contribution in [-0.2, 0) is 5.41 Å². The average molecular weight is 1090 g/mol. The third-order valence-electron chi connectivity index (χ3n) is 8.22. The molecule has 0 unspecified atom stereocenters. The first-order chi connectivity index (χ1) is 25.3. The number of ether oxygens (including phenoxy) is 3. The highest BCUT2D eigenvalue weighted by atomic mass is 79.9. The molecule has 0 saturated carbocycles. The van der Waals surface area contributed by atoms with Crippen molar-refractivity contribution in [3.8, 4) is 17.2 Å². The van der Waals surface area contributed by atoms with E-state index in [0.717, 1.165) is 43.5 Å². The lowest BCUT2D eigenvalue weighted by atomic mass is 9.71. The quantitative estimate of drug-likeness (QED) is 0.0815. The molecule has 0 heterocycles. The third-order valence-corrected chi connectivity index (χ3v) is 11.0. The van der Waals surface area contributed by atoms with Crippen molar-refractivity contribution >= 4 is 113 Å². The number of rotatable bonds is 9. The van der Waals surface area contributed by atoms with E-state index in [0.29, 0.717) is 33.9 Å². The molecule has 6 aromatic rings. The fourth-order valence-corrected chi connectivity index (χ4v) is 9.46. The highest BCUT2D eigenvalue weighted by Crippen LogP contribution is 2.41. The van der Waals surface area contributed by atoms with Crippen molar-refractivity contribution < 1.29 is 28.6 Å². The number of benzene rings is 6. The molecule has 266 valence electrons. The smallest absolute Gasteiger partial charge is 0.343 e. The number of carbonyl (C=O) groups excluding carboxylic acids is 3. The van der Waals surface area contributed by atoms with Crippen LogP contribution in [0.1, 0.15) is 54.7 Å². The van der Waals surface area contributed by atoms with Crippen molar-refractivity contribution in [3.05, 3.63) is 188 Å². The van der Waals surface area contributed by atoms with Gasteiger partial charge in [-0.15, -0.1) is 0 Å². The Morgan fingerprint density at radius 1 is 0.377 bits per heavy atom. The van der Waals surface area contributed by atoms with Gasteiger partial charge < -0.3 is 14.2 Å². The summed E-state index contributed by atoms with van der Waals surface area (Å²) in [6.45, 7) is 2.06. The largest absolute Gasteiger partial charge is 0.423 e. The van der Waals surface area contributed by atoms with Gasteiger partial charge in [0.25, 0.3) is 0 Å². The molecule has 0 spiro atoms. The Kier molecular flexibility index (Phi) is 12.6. The van der Waals surface area contributed by atoms with Gasteiger partial charge in [0.15, 0.2) is 0 Å². The molecule has 0 radical (unpaired) electrons. The van der Waals surface area contributed by atoms with Gasteiger partial charge >= 0.3 is 17.9 Å². The van der Waals surface area contributed by atoms with Gasteiger partial charge in [0.2, 0.25) is 0 Å². The number of hydrogen-bond acceptors (Lipinski definition) is 6. The predicted octanol–water partition coefficient (Wildman–Crippen LogP) is 13.3. The Labute approximate surface area is 356 Å². The van der Waals surface area contributed by atoms with Gasteiger partial charge in [0.1, 0.15) is 17.2 Å². The number of halogens is 6. The lowest BCUT2D eigenvalue weighted by Gasteiger charge is -2.32. The van der Waals surface area contributed by atoms with E-state index in [1.807, 2.05) is 54.6 Å². The Balaban J connectivity index is 1.30. The molecule has 0 aliphatic rings. The van der Waals surface area contributed by atoms with Crippen LogP contribution >= 0.6 is 95.6 Å². The van der Waals surface area contributed by atoms with Crippen molar-refractivity contribution in [2.75, 3.05) is 0 Å². The second-order valence-corrected chi connectivity index (χ2v) is 17.3. The normalized spacial score (nSPS) is 11.2. The van der Waals surface area contributed by atoms with Crippen LogP contribution in [0.5, 0.6) is 17.2 Å². The summed E-state index contributed by atoms with van der Waals surface area (Å²) in [7, 11) is 0. The number of hydrogen-bond donors (Lipinski definition) is 0. The minimum atomic E-state index is -0.757. The van der Waals surface area contributed by atoms with E-state index >= 15 is 0 Å². The van der Waals surface area contributed by atoms with Gasteiger partial charge in [-0.3, -0.25) is 0 Å². The Morgan fingerprint density at radius 3 is 0.792 bits per heavy atom. The molecule has 0 fully saturated rings. The van der Waals surface area contributed by atoms with E-state index < -0.39 is 23.3 Å². The lowest BCUT2D eigenvalue weighted by molar-refractivity contribution is 0.0725. The molecule has 0 amide bonds. The first kappa shape index (κ1) is 39.3. The zero-order chi connectivity index (χ0) is 37.9. The lowest BCUT2D eigenvalue weighted by Crippen LogP contribution is -2.25. The summed E-state index contributed by atoms with van der Waals surface area (Å²) in [6.07, 6.45) is 0. The van der Waals surface area contributed by atoms with Crippen molar-refractivity contribution in [2.45, 2.75) is 12.3 Å². The van der Waals surface area contributed by atoms with Crippen molar-refractivity contribution in [3.63, 3.8) is 0 Å². The first-order valence-corrected chi connectivity index (χ1v) is 20.4. The molecule has 0 saturated heterocycles. The van der Waals surface area contributed by atoms with Crippen LogP contribution in [0.4, 0.5) is 0 Å². The average Bonchev–Trinajstić information content (AvgIpc) is 3.11. The van der Waals surface area contributed by atoms with Gasteiger partial charge in [0.05, 0.1) is 16.7 Å². The van der Waals surface area contributed by atoms with Crippen LogP contribution < -0.4 is 14.2 Å². The van der Waals surface area contributed by atoms with E-state index in [-0.39, 0.29) is 0 Å². The fraction of sp³-hybridized carbons (Fsp3) is 0.0488. The molecule has 6 aromatic carbocycles. The fourth-order valence-electron chi connectivity index (χ4n) is 5.58. The van der Waals surface area contributed by atoms with Crippen LogP contribution in [0.2, 0.25) is 0 Å². The number of esters is 3. The van der Waals surface area contributed by atoms with E-state index in [1.54, 1.807) is 72.8 Å². The van der Waals surface area contributed by atoms with Gasteiger partial charge in [-0.1, -0.05) is 132 Å². The Morgan fingerprint density at radius 2 is 0.585 bits per heavy atom. The standard InChI is InChI=1S/C41H24Br6O6/c1-41(26-2-8-35(9-3-26)51-38(48)23-14-29(42)20-30(43)15-23,27-4-10-36(11-5-27)52-39(49)24-16-31(44)21-32(45)17-24)28-6-12-37(13-7-28)53-40(50)25-18-33(46)22-34(47)19-25/h2-22H,1H3. The zero-order valence-electron chi connectivity index (χ0n) is 27.3. The molecular formula is C41H24Br6O6. The SMILES string of the molecule is CC(c1ccc(OC(=O)c2cc(Br)cc(Br)c2)cc1)(c1ccc(OC(=O)c2cc(Br)cc(Br)c2)cc1)c1ccc(OC(=O)c2cc(Br)cc(Br)c2)cc1. The molecule has 53 heavy (non-hydrogen) atoms. The molecule has 0 N–H and O–H groups in total. The monoisotopic (exact) mass is 1090 g/mol. The molecular weight excluding hydrogens is 1070 g/mol. The summed E-state index contributed by atoms with van der Waals surface area (Å²) in [5, 5.41) is 0. The minimum Gasteiger partial charge on any atom is -0.423 e. The summed E-state index contributed by atoms with van der Waals surface area (Å²) >= 11 is 20.5. The molecule has 0 aromatic heterocycles. The summed E-state index contributed by atoms with van der Waals surface area (Å²) in [4.78, 5) is 38.9. The molecule has 0 atom stereocenters. The van der Waals surface area contributed by atoms with Crippen molar-refractivity contribution in [1.29, 1.82) is 0 Å². The van der Waals surface area contributed by atoms with Gasteiger partial charge in [-0.2, -0.15) is 0 Å². The zero-order valence-corrected chi connectivity index (χ0v) is 36.9. The first-order valence-electron chi connectivity index (χ1n) is 15.6. The van der Waals surface area contributed by atoms with Gasteiger partial charge in [-0.05, 0) is 115 Å². The molecule has 0 aliphatic heterocycles. The maximum atomic E-state index is 13.0. The minimum absolute atomic E-state index is 0.375.